The fourth-order valence-electron chi connectivity index (χ4n) is 2.71. The average molecular weight is 366 g/mol. The van der Waals surface area contributed by atoms with Crippen molar-refractivity contribution < 1.29 is 28.3 Å². The number of halogens is 1. The summed E-state index contributed by atoms with van der Waals surface area (Å²) in [5.74, 6) is -1.89. The van der Waals surface area contributed by atoms with Crippen LogP contribution in [0.25, 0.3) is 11.1 Å². The number of esters is 2. The molecule has 25 heavy (non-hydrogen) atoms. The van der Waals surface area contributed by atoms with Crippen LogP contribution in [0.2, 0.25) is 5.02 Å². The highest BCUT2D eigenvalue weighted by molar-refractivity contribution is 6.35. The second kappa shape index (κ2) is 6.48. The van der Waals surface area contributed by atoms with Crippen LogP contribution in [0.3, 0.4) is 0 Å². The fraction of sp³-hybridized carbons (Fsp3) is 0.412. The Kier molecular flexibility index (Phi) is 4.51. The third kappa shape index (κ3) is 3.66. The number of ketones is 1. The summed E-state index contributed by atoms with van der Waals surface area (Å²) in [5.41, 5.74) is 1.29. The van der Waals surface area contributed by atoms with E-state index in [2.05, 4.69) is 4.98 Å². The molecular weight excluding hydrogens is 350 g/mol. The van der Waals surface area contributed by atoms with Crippen LogP contribution in [-0.4, -0.2) is 29.0 Å². The van der Waals surface area contributed by atoms with E-state index in [9.17, 15) is 14.4 Å². The summed E-state index contributed by atoms with van der Waals surface area (Å²) in [6, 6.07) is 3.10. The van der Waals surface area contributed by atoms with Gasteiger partial charge in [0.2, 0.25) is 6.29 Å². The summed E-state index contributed by atoms with van der Waals surface area (Å²) in [6.45, 7) is 4.35. The Bertz CT molecular complexity index is 873. The molecule has 1 fully saturated rings. The number of hydrogen-bond donors (Lipinski definition) is 0. The minimum absolute atomic E-state index is 0.208. The molecule has 0 saturated heterocycles. The minimum Gasteiger partial charge on any atom is -0.441 e. The molecule has 7 nitrogen and oxygen atoms in total. The molecule has 1 aliphatic rings. The van der Waals surface area contributed by atoms with E-state index in [1.54, 1.807) is 13.0 Å². The van der Waals surface area contributed by atoms with Crippen LogP contribution in [-0.2, 0) is 19.1 Å². The highest BCUT2D eigenvalue weighted by Gasteiger charge is 2.49. The van der Waals surface area contributed by atoms with Gasteiger partial charge < -0.3 is 13.9 Å². The Morgan fingerprint density at radius 1 is 1.28 bits per heavy atom. The van der Waals surface area contributed by atoms with Crippen LogP contribution < -0.4 is 0 Å². The first-order valence-electron chi connectivity index (χ1n) is 7.75. The third-order valence-electron chi connectivity index (χ3n) is 3.88. The summed E-state index contributed by atoms with van der Waals surface area (Å²) in [5, 5.41) is 0.320. The number of nitrogens with zero attached hydrogens (tertiary/aromatic N) is 1. The number of rotatable bonds is 5. The van der Waals surface area contributed by atoms with Crippen molar-refractivity contribution in [3.8, 4) is 0 Å². The Morgan fingerprint density at radius 3 is 2.68 bits per heavy atom. The smallest absolute Gasteiger partial charge is 0.312 e. The minimum atomic E-state index is -0.982. The fourth-order valence-corrected chi connectivity index (χ4v) is 2.96. The predicted molar refractivity (Wildman–Crippen MR) is 87.0 cm³/mol. The number of ether oxygens (including phenoxy) is 2. The molecule has 0 aliphatic heterocycles. The van der Waals surface area contributed by atoms with Gasteiger partial charge in [-0.15, -0.1) is 0 Å². The van der Waals surface area contributed by atoms with Crippen LogP contribution in [0.15, 0.2) is 16.5 Å². The molecular formula is C17H16ClNO6. The number of aryl methyl sites for hydroxylation is 1. The summed E-state index contributed by atoms with van der Waals surface area (Å²) >= 11 is 6.15. The number of Topliss-reactive ketones (excluding diaryl/α,β-unsaturated/α-hetero) is 1. The Morgan fingerprint density at radius 2 is 2.00 bits per heavy atom. The highest BCUT2D eigenvalue weighted by atomic mass is 35.5. The van der Waals surface area contributed by atoms with Gasteiger partial charge in [0.05, 0.1) is 10.9 Å². The van der Waals surface area contributed by atoms with E-state index in [0.29, 0.717) is 34.0 Å². The molecule has 0 bridgehead atoms. The molecule has 1 saturated carbocycles. The lowest BCUT2D eigenvalue weighted by Gasteiger charge is -2.12. The van der Waals surface area contributed by atoms with Crippen LogP contribution in [0.5, 0.6) is 0 Å². The molecule has 0 radical (unpaired) electrons. The number of fused-ring (bicyclic) bond motifs is 1. The number of hydrogen-bond acceptors (Lipinski definition) is 7. The van der Waals surface area contributed by atoms with Crippen molar-refractivity contribution in [1.29, 1.82) is 0 Å². The number of aromatic nitrogens is 1. The van der Waals surface area contributed by atoms with Crippen molar-refractivity contribution >= 4 is 40.4 Å². The maximum absolute atomic E-state index is 12.6. The first kappa shape index (κ1) is 17.4. The van der Waals surface area contributed by atoms with Gasteiger partial charge in [0.15, 0.2) is 17.3 Å². The quantitative estimate of drug-likeness (QED) is 0.456. The number of oxazole rings is 1. The molecule has 3 rings (SSSR count). The zero-order valence-electron chi connectivity index (χ0n) is 13.9. The van der Waals surface area contributed by atoms with E-state index in [1.165, 1.54) is 19.9 Å². The van der Waals surface area contributed by atoms with Gasteiger partial charge in [0.1, 0.15) is 5.52 Å². The zero-order chi connectivity index (χ0) is 18.3. The number of carbonyl (C=O) groups is 3. The van der Waals surface area contributed by atoms with Crippen molar-refractivity contribution in [1.82, 2.24) is 4.98 Å². The van der Waals surface area contributed by atoms with E-state index < -0.39 is 30.1 Å². The van der Waals surface area contributed by atoms with Crippen LogP contribution >= 0.6 is 11.6 Å². The molecule has 8 heteroatoms. The molecule has 1 aromatic carbocycles. The van der Waals surface area contributed by atoms with Gasteiger partial charge in [0, 0.05) is 32.3 Å². The van der Waals surface area contributed by atoms with Gasteiger partial charge in [0.25, 0.3) is 0 Å². The Hall–Kier alpha value is -2.41. The van der Waals surface area contributed by atoms with Gasteiger partial charge >= 0.3 is 11.9 Å². The Balaban J connectivity index is 1.69. The maximum atomic E-state index is 12.6. The van der Waals surface area contributed by atoms with Gasteiger partial charge in [-0.05, 0) is 18.6 Å². The molecule has 2 aromatic rings. The third-order valence-corrected chi connectivity index (χ3v) is 4.17. The van der Waals surface area contributed by atoms with Crippen molar-refractivity contribution in [2.24, 2.45) is 11.8 Å². The lowest BCUT2D eigenvalue weighted by atomic mass is 10.1. The molecule has 1 aliphatic carbocycles. The number of benzene rings is 1. The molecule has 132 valence electrons. The molecule has 0 amide bonds. The van der Waals surface area contributed by atoms with E-state index in [-0.39, 0.29) is 5.78 Å². The number of carbonyl (C=O) groups excluding carboxylic acids is 3. The maximum Gasteiger partial charge on any atom is 0.312 e. The lowest BCUT2D eigenvalue weighted by Crippen LogP contribution is -2.22. The first-order valence-corrected chi connectivity index (χ1v) is 8.12. The van der Waals surface area contributed by atoms with Gasteiger partial charge in [-0.2, -0.15) is 0 Å². The first-order chi connectivity index (χ1) is 11.8. The normalized spacial score (nSPS) is 20.2. The Labute approximate surface area is 148 Å². The van der Waals surface area contributed by atoms with E-state index >= 15 is 0 Å². The topological polar surface area (TPSA) is 95.7 Å². The molecule has 1 heterocycles. The highest BCUT2D eigenvalue weighted by Crippen LogP contribution is 2.43. The van der Waals surface area contributed by atoms with Crippen molar-refractivity contribution in [2.75, 3.05) is 0 Å². The summed E-state index contributed by atoms with van der Waals surface area (Å²) < 4.78 is 15.2. The summed E-state index contributed by atoms with van der Waals surface area (Å²) in [4.78, 5) is 39.6. The summed E-state index contributed by atoms with van der Waals surface area (Å²) in [6.07, 6.45) is -0.598. The summed E-state index contributed by atoms with van der Waals surface area (Å²) in [7, 11) is 0. The van der Waals surface area contributed by atoms with Gasteiger partial charge in [-0.1, -0.05) is 11.6 Å². The van der Waals surface area contributed by atoms with E-state index in [4.69, 9.17) is 25.5 Å². The molecule has 0 spiro atoms. The van der Waals surface area contributed by atoms with E-state index in [0.717, 1.165) is 0 Å². The zero-order valence-corrected chi connectivity index (χ0v) is 14.6. The van der Waals surface area contributed by atoms with Crippen LogP contribution in [0, 0.1) is 18.8 Å². The SMILES string of the molecule is CC(=O)OC(C)OC(=O)[C@H]1C[C@@H]1C(=O)c1cc(Cl)c2nc(C)oc2c1. The molecule has 1 unspecified atom stereocenters. The van der Waals surface area contributed by atoms with Crippen molar-refractivity contribution in [3.63, 3.8) is 0 Å². The van der Waals surface area contributed by atoms with E-state index in [1.807, 2.05) is 0 Å². The van der Waals surface area contributed by atoms with Crippen molar-refractivity contribution in [3.05, 3.63) is 28.6 Å². The van der Waals surface area contributed by atoms with Crippen LogP contribution in [0.1, 0.15) is 36.5 Å². The van der Waals surface area contributed by atoms with Gasteiger partial charge in [-0.25, -0.2) is 4.98 Å². The second-order valence-electron chi connectivity index (χ2n) is 5.96. The lowest BCUT2D eigenvalue weighted by molar-refractivity contribution is -0.184. The largest absolute Gasteiger partial charge is 0.441 e. The monoisotopic (exact) mass is 365 g/mol. The standard InChI is InChI=1S/C17H16ClNO6/c1-7-19-15-13(18)4-10(5-14(15)23-7)16(21)11-6-12(11)17(22)25-9(3)24-8(2)20/h4-5,9,11-12H,6H2,1-3H3/t9?,11-,12-/m0/s1. The molecule has 0 N–H and O–H groups in total. The second-order valence-corrected chi connectivity index (χ2v) is 6.37. The van der Waals surface area contributed by atoms with Gasteiger partial charge in [-0.3, -0.25) is 14.4 Å². The van der Waals surface area contributed by atoms with Crippen molar-refractivity contribution in [2.45, 2.75) is 33.5 Å². The predicted octanol–water partition coefficient (Wildman–Crippen LogP) is 3.06. The molecule has 3 atom stereocenters. The van der Waals surface area contributed by atoms with Crippen LogP contribution in [0.4, 0.5) is 0 Å². The molecule has 1 aromatic heterocycles. The average Bonchev–Trinajstić information content (AvgIpc) is 3.21.